The van der Waals surface area contributed by atoms with Gasteiger partial charge in [0.25, 0.3) is 5.89 Å². The Bertz CT molecular complexity index is 641. The number of nitrogens with zero attached hydrogens (tertiary/aromatic N) is 4. The van der Waals surface area contributed by atoms with E-state index in [1.807, 2.05) is 6.07 Å². The van der Waals surface area contributed by atoms with Crippen molar-refractivity contribution in [1.29, 1.82) is 0 Å². The minimum absolute atomic E-state index is 0.402. The lowest BCUT2D eigenvalue weighted by atomic mass is 9.90. The van der Waals surface area contributed by atoms with Crippen LogP contribution in [-0.2, 0) is 0 Å². The molecule has 110 valence electrons. The van der Waals surface area contributed by atoms with Crippen LogP contribution in [-0.4, -0.2) is 39.2 Å². The second-order valence-electron chi connectivity index (χ2n) is 6.14. The van der Waals surface area contributed by atoms with Crippen LogP contribution >= 0.6 is 0 Å². The van der Waals surface area contributed by atoms with Crippen LogP contribution in [0.2, 0.25) is 0 Å². The predicted octanol–water partition coefficient (Wildman–Crippen LogP) is 2.05. The number of nitrogen functional groups attached to an aromatic ring is 1. The van der Waals surface area contributed by atoms with Crippen LogP contribution in [0.1, 0.15) is 37.4 Å². The second-order valence-corrected chi connectivity index (χ2v) is 6.14. The van der Waals surface area contributed by atoms with Gasteiger partial charge in [0.2, 0.25) is 0 Å². The van der Waals surface area contributed by atoms with E-state index in [9.17, 15) is 0 Å². The van der Waals surface area contributed by atoms with E-state index in [1.165, 1.54) is 12.8 Å². The van der Waals surface area contributed by atoms with Gasteiger partial charge in [-0.05, 0) is 38.8 Å². The van der Waals surface area contributed by atoms with Crippen LogP contribution in [0, 0.1) is 0 Å². The molecule has 2 aromatic rings. The minimum atomic E-state index is 0.402. The fraction of sp³-hybridized carbons (Fsp3) is 0.533. The van der Waals surface area contributed by atoms with Crippen LogP contribution in [0.15, 0.2) is 23.0 Å². The van der Waals surface area contributed by atoms with Gasteiger partial charge in [-0.1, -0.05) is 5.16 Å². The molecule has 2 fully saturated rings. The number of pyridine rings is 1. The average molecular weight is 285 g/mol. The molecule has 0 aromatic carbocycles. The zero-order valence-corrected chi connectivity index (χ0v) is 12.1. The summed E-state index contributed by atoms with van der Waals surface area (Å²) in [4.78, 5) is 11.1. The molecule has 0 amide bonds. The quantitative estimate of drug-likeness (QED) is 0.909. The molecule has 2 N–H and O–H groups in total. The lowest BCUT2D eigenvalue weighted by molar-refractivity contribution is 0.157. The SMILES string of the molecule is CN1C2CCC1CC(c1noc(-c3ccncc3N)n1)C2. The topological polar surface area (TPSA) is 81.1 Å². The van der Waals surface area contributed by atoms with Gasteiger partial charge in [0.1, 0.15) is 0 Å². The van der Waals surface area contributed by atoms with Crippen LogP contribution in [0.5, 0.6) is 0 Å². The van der Waals surface area contributed by atoms with Crippen LogP contribution in [0.3, 0.4) is 0 Å². The van der Waals surface area contributed by atoms with Crippen molar-refractivity contribution < 1.29 is 4.52 Å². The van der Waals surface area contributed by atoms with E-state index in [4.69, 9.17) is 10.3 Å². The second kappa shape index (κ2) is 4.80. The summed E-state index contributed by atoms with van der Waals surface area (Å²) in [7, 11) is 2.23. The monoisotopic (exact) mass is 285 g/mol. The van der Waals surface area contributed by atoms with Crippen molar-refractivity contribution in [3.63, 3.8) is 0 Å². The number of hydrogen-bond acceptors (Lipinski definition) is 6. The number of aromatic nitrogens is 3. The Labute approximate surface area is 123 Å². The molecular weight excluding hydrogens is 266 g/mol. The van der Waals surface area contributed by atoms with Gasteiger partial charge in [-0.2, -0.15) is 4.98 Å². The number of anilines is 1. The average Bonchev–Trinajstić information content (AvgIpc) is 3.02. The van der Waals surface area contributed by atoms with Gasteiger partial charge in [-0.15, -0.1) is 0 Å². The molecule has 6 heteroatoms. The Kier molecular flexibility index (Phi) is 2.92. The maximum absolute atomic E-state index is 5.92. The molecule has 0 spiro atoms. The summed E-state index contributed by atoms with van der Waals surface area (Å²) in [6.07, 6.45) is 8.12. The molecule has 0 radical (unpaired) electrons. The van der Waals surface area contributed by atoms with Crippen molar-refractivity contribution in [2.45, 2.75) is 43.7 Å². The van der Waals surface area contributed by atoms with Crippen LogP contribution in [0.4, 0.5) is 5.69 Å². The summed E-state index contributed by atoms with van der Waals surface area (Å²) in [6.45, 7) is 0. The van der Waals surface area contributed by atoms with E-state index in [0.717, 1.165) is 24.2 Å². The summed E-state index contributed by atoms with van der Waals surface area (Å²) in [6, 6.07) is 3.15. The zero-order chi connectivity index (χ0) is 14.4. The van der Waals surface area contributed by atoms with Gasteiger partial charge >= 0.3 is 0 Å². The first-order valence-corrected chi connectivity index (χ1v) is 7.48. The highest BCUT2D eigenvalue weighted by Crippen LogP contribution is 2.41. The van der Waals surface area contributed by atoms with Gasteiger partial charge in [0, 0.05) is 24.2 Å². The fourth-order valence-electron chi connectivity index (χ4n) is 3.73. The van der Waals surface area contributed by atoms with E-state index in [0.29, 0.717) is 29.6 Å². The maximum atomic E-state index is 5.92. The smallest absolute Gasteiger partial charge is 0.260 e. The number of nitrogens with two attached hydrogens (primary N) is 1. The van der Waals surface area contributed by atoms with Crippen molar-refractivity contribution in [2.24, 2.45) is 0 Å². The third kappa shape index (κ3) is 2.10. The summed E-state index contributed by atoms with van der Waals surface area (Å²) >= 11 is 0. The molecule has 2 atom stereocenters. The normalized spacial score (nSPS) is 28.9. The Hall–Kier alpha value is -1.95. The molecular formula is C15H19N5O. The molecule has 2 saturated heterocycles. The zero-order valence-electron chi connectivity index (χ0n) is 12.1. The summed E-state index contributed by atoms with van der Waals surface area (Å²) in [5.74, 6) is 1.72. The molecule has 2 aliphatic heterocycles. The van der Waals surface area contributed by atoms with Crippen LogP contribution < -0.4 is 5.73 Å². The van der Waals surface area contributed by atoms with Gasteiger partial charge in [-0.25, -0.2) is 0 Å². The third-order valence-corrected chi connectivity index (χ3v) is 4.99. The maximum Gasteiger partial charge on any atom is 0.260 e. The highest BCUT2D eigenvalue weighted by atomic mass is 16.5. The molecule has 2 unspecified atom stereocenters. The molecule has 2 aromatic heterocycles. The van der Waals surface area contributed by atoms with Crippen molar-refractivity contribution in [3.05, 3.63) is 24.3 Å². The van der Waals surface area contributed by atoms with Gasteiger partial charge < -0.3 is 15.2 Å². The van der Waals surface area contributed by atoms with E-state index in [2.05, 4.69) is 27.1 Å². The molecule has 6 nitrogen and oxygen atoms in total. The molecule has 0 aliphatic carbocycles. The van der Waals surface area contributed by atoms with Gasteiger partial charge in [0.05, 0.1) is 17.4 Å². The fourth-order valence-corrected chi connectivity index (χ4v) is 3.73. The Morgan fingerprint density at radius 1 is 1.29 bits per heavy atom. The number of rotatable bonds is 2. The number of piperidine rings is 1. The Morgan fingerprint density at radius 2 is 2.05 bits per heavy atom. The number of fused-ring (bicyclic) bond motifs is 2. The van der Waals surface area contributed by atoms with E-state index < -0.39 is 0 Å². The molecule has 21 heavy (non-hydrogen) atoms. The van der Waals surface area contributed by atoms with Gasteiger partial charge in [-0.3, -0.25) is 4.98 Å². The molecule has 2 bridgehead atoms. The highest BCUT2D eigenvalue weighted by molar-refractivity contribution is 5.68. The van der Waals surface area contributed by atoms with Gasteiger partial charge in [0.15, 0.2) is 5.82 Å². The Morgan fingerprint density at radius 3 is 2.76 bits per heavy atom. The lowest BCUT2D eigenvalue weighted by Crippen LogP contribution is -2.39. The predicted molar refractivity (Wildman–Crippen MR) is 78.5 cm³/mol. The van der Waals surface area contributed by atoms with E-state index >= 15 is 0 Å². The minimum Gasteiger partial charge on any atom is -0.397 e. The first-order valence-electron chi connectivity index (χ1n) is 7.48. The standard InChI is InChI=1S/C15H19N5O/c1-20-10-2-3-11(20)7-9(6-10)14-18-15(21-19-14)12-4-5-17-8-13(12)16/h4-5,8-11H,2-3,6-7,16H2,1H3. The van der Waals surface area contributed by atoms with Crippen molar-refractivity contribution in [3.8, 4) is 11.5 Å². The number of hydrogen-bond donors (Lipinski definition) is 1. The first-order chi connectivity index (χ1) is 10.2. The molecule has 2 aliphatic rings. The van der Waals surface area contributed by atoms with Crippen LogP contribution in [0.25, 0.3) is 11.5 Å². The first kappa shape index (κ1) is 12.8. The molecule has 0 saturated carbocycles. The van der Waals surface area contributed by atoms with E-state index in [-0.39, 0.29) is 0 Å². The van der Waals surface area contributed by atoms with E-state index in [1.54, 1.807) is 12.4 Å². The highest BCUT2D eigenvalue weighted by Gasteiger charge is 2.40. The molecule has 4 heterocycles. The lowest BCUT2D eigenvalue weighted by Gasteiger charge is -2.34. The van der Waals surface area contributed by atoms with Crippen molar-refractivity contribution >= 4 is 5.69 Å². The third-order valence-electron chi connectivity index (χ3n) is 4.99. The largest absolute Gasteiger partial charge is 0.397 e. The van der Waals surface area contributed by atoms with Crippen molar-refractivity contribution in [2.75, 3.05) is 12.8 Å². The summed E-state index contributed by atoms with van der Waals surface area (Å²) in [5, 5.41) is 4.20. The summed E-state index contributed by atoms with van der Waals surface area (Å²) < 4.78 is 5.42. The summed E-state index contributed by atoms with van der Waals surface area (Å²) in [5.41, 5.74) is 7.25. The van der Waals surface area contributed by atoms with Crippen molar-refractivity contribution in [1.82, 2.24) is 20.0 Å². The Balaban J connectivity index is 1.60. The molecule has 4 rings (SSSR count).